The van der Waals surface area contributed by atoms with E-state index in [4.69, 9.17) is 4.42 Å². The molecule has 110 valence electrons. The fourth-order valence-electron chi connectivity index (χ4n) is 3.93. The molecule has 0 bridgehead atoms. The summed E-state index contributed by atoms with van der Waals surface area (Å²) in [6.07, 6.45) is 6.35. The van der Waals surface area contributed by atoms with E-state index >= 15 is 0 Å². The maximum atomic E-state index is 12.2. The topological polar surface area (TPSA) is 33.5 Å². The van der Waals surface area contributed by atoms with E-state index in [2.05, 4.69) is 24.0 Å². The molecule has 0 unspecified atom stereocenters. The zero-order valence-corrected chi connectivity index (χ0v) is 12.6. The average Bonchev–Trinajstić information content (AvgIpc) is 2.50. The number of rotatable bonds is 2. The van der Waals surface area contributed by atoms with Gasteiger partial charge in [-0.3, -0.25) is 0 Å². The smallest absolute Gasteiger partial charge is 0.339 e. The third-order valence-corrected chi connectivity index (χ3v) is 4.81. The minimum atomic E-state index is -0.145. The first-order chi connectivity index (χ1) is 10.3. The third-order valence-electron chi connectivity index (χ3n) is 4.81. The van der Waals surface area contributed by atoms with Crippen molar-refractivity contribution in [2.45, 2.75) is 45.4 Å². The Bertz CT molecular complexity index is 758. The fourth-order valence-corrected chi connectivity index (χ4v) is 3.93. The van der Waals surface area contributed by atoms with Gasteiger partial charge in [0.25, 0.3) is 0 Å². The molecule has 0 saturated heterocycles. The number of benzene rings is 1. The predicted octanol–water partition coefficient (Wildman–Crippen LogP) is 3.44. The molecule has 0 amide bonds. The molecule has 0 N–H and O–H groups in total. The van der Waals surface area contributed by atoms with Crippen LogP contribution in [0.4, 0.5) is 5.69 Å². The summed E-state index contributed by atoms with van der Waals surface area (Å²) >= 11 is 0. The maximum Gasteiger partial charge on any atom is 0.339 e. The van der Waals surface area contributed by atoms with Gasteiger partial charge in [0.1, 0.15) is 5.58 Å². The van der Waals surface area contributed by atoms with Crippen LogP contribution in [0.5, 0.6) is 0 Å². The number of hydrogen-bond acceptors (Lipinski definition) is 3. The summed E-state index contributed by atoms with van der Waals surface area (Å²) < 4.78 is 5.73. The van der Waals surface area contributed by atoms with Crippen molar-refractivity contribution >= 4 is 16.7 Å². The van der Waals surface area contributed by atoms with Crippen LogP contribution >= 0.6 is 0 Å². The Morgan fingerprint density at radius 3 is 2.81 bits per heavy atom. The van der Waals surface area contributed by atoms with E-state index in [0.29, 0.717) is 0 Å². The molecule has 2 aliphatic heterocycles. The Morgan fingerprint density at radius 2 is 2.00 bits per heavy atom. The summed E-state index contributed by atoms with van der Waals surface area (Å²) in [6, 6.07) is 4.32. The van der Waals surface area contributed by atoms with Gasteiger partial charge in [-0.05, 0) is 49.8 Å². The third kappa shape index (κ3) is 1.98. The van der Waals surface area contributed by atoms with Gasteiger partial charge in [0, 0.05) is 35.3 Å². The molecule has 0 saturated carbocycles. The quantitative estimate of drug-likeness (QED) is 0.792. The molecule has 1 aromatic carbocycles. The van der Waals surface area contributed by atoms with Crippen LogP contribution in [0.25, 0.3) is 11.0 Å². The lowest BCUT2D eigenvalue weighted by Gasteiger charge is -2.37. The highest BCUT2D eigenvalue weighted by molar-refractivity contribution is 5.88. The van der Waals surface area contributed by atoms with Crippen LogP contribution in [0.15, 0.2) is 21.3 Å². The molecule has 0 spiro atoms. The molecule has 0 radical (unpaired) electrons. The zero-order chi connectivity index (χ0) is 14.4. The molecule has 2 aliphatic rings. The molecular weight excluding hydrogens is 262 g/mol. The van der Waals surface area contributed by atoms with Crippen LogP contribution in [0, 0.1) is 0 Å². The average molecular weight is 283 g/mol. The Labute approximate surface area is 124 Å². The Kier molecular flexibility index (Phi) is 3.02. The lowest BCUT2D eigenvalue weighted by molar-refractivity contribution is 0.539. The highest BCUT2D eigenvalue weighted by Gasteiger charge is 2.26. The van der Waals surface area contributed by atoms with E-state index in [1.807, 2.05) is 0 Å². The summed E-state index contributed by atoms with van der Waals surface area (Å²) in [7, 11) is 0. The van der Waals surface area contributed by atoms with E-state index in [0.717, 1.165) is 61.7 Å². The maximum absolute atomic E-state index is 12.2. The Morgan fingerprint density at radius 1 is 1.19 bits per heavy atom. The van der Waals surface area contributed by atoms with Crippen molar-refractivity contribution in [3.05, 3.63) is 39.2 Å². The molecule has 4 rings (SSSR count). The number of anilines is 1. The first-order valence-corrected chi connectivity index (χ1v) is 8.14. The molecule has 1 aromatic heterocycles. The number of aryl methyl sites for hydroxylation is 3. The standard InChI is InChI=1S/C18H21NO2/c1-2-5-13-11-14-10-12-6-3-8-19-9-4-7-15(16(12)19)17(14)21-18(13)20/h10-11H,2-9H2,1H3. The van der Waals surface area contributed by atoms with Crippen molar-refractivity contribution in [3.8, 4) is 0 Å². The van der Waals surface area contributed by atoms with Crippen LogP contribution in [0.3, 0.4) is 0 Å². The first kappa shape index (κ1) is 12.9. The number of nitrogens with zero attached hydrogens (tertiary/aromatic N) is 1. The minimum absolute atomic E-state index is 0.145. The molecule has 2 aromatic rings. The van der Waals surface area contributed by atoms with Crippen molar-refractivity contribution in [2.75, 3.05) is 18.0 Å². The molecule has 0 fully saturated rings. The highest BCUT2D eigenvalue weighted by atomic mass is 16.4. The van der Waals surface area contributed by atoms with Crippen LogP contribution in [-0.2, 0) is 19.3 Å². The summed E-state index contributed by atoms with van der Waals surface area (Å²) in [5, 5.41) is 1.12. The normalized spacial score (nSPS) is 17.1. The van der Waals surface area contributed by atoms with Gasteiger partial charge < -0.3 is 9.32 Å². The van der Waals surface area contributed by atoms with Gasteiger partial charge in [0.2, 0.25) is 0 Å². The molecule has 3 nitrogen and oxygen atoms in total. The van der Waals surface area contributed by atoms with Gasteiger partial charge in [0.15, 0.2) is 0 Å². The number of fused-ring (bicyclic) bond motifs is 2. The SMILES string of the molecule is CCCc1cc2cc3c4c(c2oc1=O)CCCN4CCC3. The van der Waals surface area contributed by atoms with Gasteiger partial charge in [0.05, 0.1) is 0 Å². The van der Waals surface area contributed by atoms with E-state index in [1.54, 1.807) is 0 Å². The molecule has 0 aliphatic carbocycles. The molecular formula is C18H21NO2. The Hall–Kier alpha value is -1.77. The first-order valence-electron chi connectivity index (χ1n) is 8.14. The van der Waals surface area contributed by atoms with Crippen molar-refractivity contribution in [1.29, 1.82) is 0 Å². The minimum Gasteiger partial charge on any atom is -0.422 e. The largest absolute Gasteiger partial charge is 0.422 e. The summed E-state index contributed by atoms with van der Waals surface area (Å²) in [5.74, 6) is 0. The zero-order valence-electron chi connectivity index (χ0n) is 12.6. The van der Waals surface area contributed by atoms with Crippen LogP contribution in [0.1, 0.15) is 42.9 Å². The van der Waals surface area contributed by atoms with E-state index in [9.17, 15) is 4.79 Å². The summed E-state index contributed by atoms with van der Waals surface area (Å²) in [5.41, 5.74) is 5.60. The lowest BCUT2D eigenvalue weighted by atomic mass is 9.90. The van der Waals surface area contributed by atoms with Crippen molar-refractivity contribution < 1.29 is 4.42 Å². The van der Waals surface area contributed by atoms with E-state index in [1.165, 1.54) is 23.2 Å². The van der Waals surface area contributed by atoms with Gasteiger partial charge in [-0.2, -0.15) is 0 Å². The molecule has 3 heteroatoms. The van der Waals surface area contributed by atoms with Crippen LogP contribution in [0.2, 0.25) is 0 Å². The van der Waals surface area contributed by atoms with Gasteiger partial charge >= 0.3 is 5.63 Å². The monoisotopic (exact) mass is 283 g/mol. The fraction of sp³-hybridized carbons (Fsp3) is 0.500. The van der Waals surface area contributed by atoms with E-state index < -0.39 is 0 Å². The second-order valence-corrected chi connectivity index (χ2v) is 6.28. The Balaban J connectivity index is 2.01. The molecule has 0 atom stereocenters. The van der Waals surface area contributed by atoms with Gasteiger partial charge in [-0.15, -0.1) is 0 Å². The summed E-state index contributed by atoms with van der Waals surface area (Å²) in [6.45, 7) is 4.38. The van der Waals surface area contributed by atoms with E-state index in [-0.39, 0.29) is 5.63 Å². The van der Waals surface area contributed by atoms with Crippen molar-refractivity contribution in [3.63, 3.8) is 0 Å². The van der Waals surface area contributed by atoms with Crippen LogP contribution < -0.4 is 10.5 Å². The van der Waals surface area contributed by atoms with Crippen molar-refractivity contribution in [1.82, 2.24) is 0 Å². The second kappa shape index (κ2) is 4.90. The van der Waals surface area contributed by atoms with Crippen LogP contribution in [-0.4, -0.2) is 13.1 Å². The van der Waals surface area contributed by atoms with Gasteiger partial charge in [-0.1, -0.05) is 13.3 Å². The predicted molar refractivity (Wildman–Crippen MR) is 85.3 cm³/mol. The second-order valence-electron chi connectivity index (χ2n) is 6.28. The lowest BCUT2D eigenvalue weighted by Crippen LogP contribution is -2.34. The highest BCUT2D eigenvalue weighted by Crippen LogP contribution is 2.39. The van der Waals surface area contributed by atoms with Gasteiger partial charge in [-0.25, -0.2) is 4.79 Å². The molecule has 21 heavy (non-hydrogen) atoms. The molecule has 3 heterocycles. The summed E-state index contributed by atoms with van der Waals surface area (Å²) in [4.78, 5) is 14.7. The number of hydrogen-bond donors (Lipinski definition) is 0. The van der Waals surface area contributed by atoms with Crippen molar-refractivity contribution in [2.24, 2.45) is 0 Å².